The molecular formula is C16H20N2O5S. The number of rotatable bonds is 4. The molecule has 1 N–H and O–H groups in total. The molecule has 1 aromatic rings. The zero-order chi connectivity index (χ0) is 18.1. The third-order valence-electron chi connectivity index (χ3n) is 4.07. The maximum absolute atomic E-state index is 12.9. The van der Waals surface area contributed by atoms with Gasteiger partial charge in [-0.15, -0.1) is 0 Å². The zero-order valence-corrected chi connectivity index (χ0v) is 14.6. The van der Waals surface area contributed by atoms with Gasteiger partial charge in [0.05, 0.1) is 11.0 Å². The zero-order valence-electron chi connectivity index (χ0n) is 13.8. The van der Waals surface area contributed by atoms with Crippen molar-refractivity contribution in [2.45, 2.75) is 50.3 Å². The summed E-state index contributed by atoms with van der Waals surface area (Å²) in [6.45, 7) is 4.88. The number of esters is 1. The Bertz CT molecular complexity index is 784. The minimum absolute atomic E-state index is 0.0545. The van der Waals surface area contributed by atoms with Gasteiger partial charge in [0, 0.05) is 13.0 Å². The number of hydrogen-bond acceptors (Lipinski definition) is 6. The van der Waals surface area contributed by atoms with E-state index in [-0.39, 0.29) is 17.9 Å². The van der Waals surface area contributed by atoms with Crippen LogP contribution >= 0.6 is 0 Å². The van der Waals surface area contributed by atoms with E-state index in [9.17, 15) is 18.3 Å². The molecule has 0 unspecified atom stereocenters. The van der Waals surface area contributed by atoms with Gasteiger partial charge in [-0.1, -0.05) is 6.07 Å². The summed E-state index contributed by atoms with van der Waals surface area (Å²) < 4.78 is 31.6. The van der Waals surface area contributed by atoms with E-state index < -0.39 is 34.2 Å². The largest absolute Gasteiger partial charge is 0.446 e. The van der Waals surface area contributed by atoms with Gasteiger partial charge >= 0.3 is 5.97 Å². The Labute approximate surface area is 141 Å². The summed E-state index contributed by atoms with van der Waals surface area (Å²) in [7, 11) is -3.96. The number of hydrogen-bond donors (Lipinski definition) is 1. The molecule has 24 heavy (non-hydrogen) atoms. The first kappa shape index (κ1) is 18.4. The van der Waals surface area contributed by atoms with Crippen LogP contribution in [0.3, 0.4) is 0 Å². The topological polar surface area (TPSA) is 108 Å². The van der Waals surface area contributed by atoms with E-state index in [2.05, 4.69) is 0 Å². The van der Waals surface area contributed by atoms with Crippen molar-refractivity contribution in [2.24, 2.45) is 0 Å². The highest BCUT2D eigenvalue weighted by atomic mass is 32.2. The molecule has 2 rings (SSSR count). The minimum atomic E-state index is -3.96. The van der Waals surface area contributed by atoms with Crippen LogP contribution in [0.15, 0.2) is 23.1 Å². The Balaban J connectivity index is 2.34. The Morgan fingerprint density at radius 2 is 2.08 bits per heavy atom. The number of sulfonamides is 1. The van der Waals surface area contributed by atoms with Crippen LogP contribution < -0.4 is 0 Å². The SMILES string of the molecule is Cc1ccc(S(=O)(=O)N2C[C@H](O)C[C@H]2C(=O)O[C@@H](C)C#N)cc1C. The summed E-state index contributed by atoms with van der Waals surface area (Å²) in [5.41, 5.74) is 1.77. The summed E-state index contributed by atoms with van der Waals surface area (Å²) in [5, 5.41) is 18.6. The lowest BCUT2D eigenvalue weighted by molar-refractivity contribution is -0.149. The molecule has 0 radical (unpaired) electrons. The van der Waals surface area contributed by atoms with Gasteiger partial charge in [-0.3, -0.25) is 4.79 Å². The molecule has 0 aliphatic carbocycles. The van der Waals surface area contributed by atoms with E-state index in [4.69, 9.17) is 10.00 Å². The predicted molar refractivity (Wildman–Crippen MR) is 85.4 cm³/mol. The molecule has 1 aromatic carbocycles. The molecule has 8 heteroatoms. The van der Waals surface area contributed by atoms with E-state index in [1.807, 2.05) is 6.92 Å². The van der Waals surface area contributed by atoms with Gasteiger partial charge in [-0.2, -0.15) is 9.57 Å². The summed E-state index contributed by atoms with van der Waals surface area (Å²) in [6.07, 6.45) is -2.00. The molecule has 1 fully saturated rings. The number of β-amino-alcohol motifs (C(OH)–C–C–N with tert-alkyl or cyclic N) is 1. The highest BCUT2D eigenvalue weighted by Gasteiger charge is 2.44. The van der Waals surface area contributed by atoms with E-state index in [0.29, 0.717) is 0 Å². The molecule has 0 saturated carbocycles. The molecule has 3 atom stereocenters. The van der Waals surface area contributed by atoms with Gasteiger partial charge in [0.2, 0.25) is 10.0 Å². The summed E-state index contributed by atoms with van der Waals surface area (Å²) in [4.78, 5) is 12.2. The number of ether oxygens (including phenoxy) is 1. The molecular weight excluding hydrogens is 332 g/mol. The molecule has 0 amide bonds. The lowest BCUT2D eigenvalue weighted by Gasteiger charge is -2.23. The average molecular weight is 352 g/mol. The number of carbonyl (C=O) groups is 1. The smallest absolute Gasteiger partial charge is 0.325 e. The number of nitriles is 1. The maximum atomic E-state index is 12.9. The van der Waals surface area contributed by atoms with Crippen molar-refractivity contribution in [1.82, 2.24) is 4.31 Å². The maximum Gasteiger partial charge on any atom is 0.325 e. The first-order chi connectivity index (χ1) is 11.2. The molecule has 7 nitrogen and oxygen atoms in total. The fourth-order valence-electron chi connectivity index (χ4n) is 2.55. The third-order valence-corrected chi connectivity index (χ3v) is 5.94. The number of aliphatic hydroxyl groups excluding tert-OH is 1. The number of aryl methyl sites for hydroxylation is 2. The van der Waals surface area contributed by atoms with Crippen molar-refractivity contribution in [1.29, 1.82) is 5.26 Å². The molecule has 1 saturated heterocycles. The van der Waals surface area contributed by atoms with Crippen LogP contribution in [0, 0.1) is 25.2 Å². The van der Waals surface area contributed by atoms with Crippen LogP contribution in [0.5, 0.6) is 0 Å². The minimum Gasteiger partial charge on any atom is -0.446 e. The average Bonchev–Trinajstić information content (AvgIpc) is 2.92. The molecule has 130 valence electrons. The van der Waals surface area contributed by atoms with Gasteiger partial charge in [0.25, 0.3) is 0 Å². The summed E-state index contributed by atoms with van der Waals surface area (Å²) in [6, 6.07) is 5.33. The van der Waals surface area contributed by atoms with Crippen LogP contribution in [0.4, 0.5) is 0 Å². The predicted octanol–water partition coefficient (Wildman–Crippen LogP) is 0.883. The van der Waals surface area contributed by atoms with Crippen molar-refractivity contribution in [3.8, 4) is 6.07 Å². The van der Waals surface area contributed by atoms with Crippen LogP contribution in [0.2, 0.25) is 0 Å². The first-order valence-electron chi connectivity index (χ1n) is 7.54. The molecule has 1 aliphatic heterocycles. The van der Waals surface area contributed by atoms with E-state index >= 15 is 0 Å². The van der Waals surface area contributed by atoms with Gasteiger partial charge in [0.15, 0.2) is 6.10 Å². The van der Waals surface area contributed by atoms with Crippen molar-refractivity contribution >= 4 is 16.0 Å². The van der Waals surface area contributed by atoms with Gasteiger partial charge < -0.3 is 9.84 Å². The van der Waals surface area contributed by atoms with Crippen molar-refractivity contribution in [2.75, 3.05) is 6.54 Å². The van der Waals surface area contributed by atoms with Crippen LogP contribution in [0.1, 0.15) is 24.5 Å². The third kappa shape index (κ3) is 3.59. The molecule has 0 spiro atoms. The normalized spacial score (nSPS) is 22.8. The van der Waals surface area contributed by atoms with Crippen molar-refractivity contribution < 1.29 is 23.1 Å². The van der Waals surface area contributed by atoms with E-state index in [0.717, 1.165) is 15.4 Å². The summed E-state index contributed by atoms with van der Waals surface area (Å²) in [5.74, 6) is -0.826. The lowest BCUT2D eigenvalue weighted by atomic mass is 10.1. The number of aliphatic hydroxyl groups is 1. The molecule has 1 aliphatic rings. The second-order valence-electron chi connectivity index (χ2n) is 5.93. The number of carbonyl (C=O) groups excluding carboxylic acids is 1. The lowest BCUT2D eigenvalue weighted by Crippen LogP contribution is -2.42. The van der Waals surface area contributed by atoms with Crippen LogP contribution in [-0.2, 0) is 19.6 Å². The Morgan fingerprint density at radius 3 is 2.67 bits per heavy atom. The molecule has 0 bridgehead atoms. The fourth-order valence-corrected chi connectivity index (χ4v) is 4.27. The Kier molecular flexibility index (Phi) is 5.28. The van der Waals surface area contributed by atoms with Crippen LogP contribution in [0.25, 0.3) is 0 Å². The van der Waals surface area contributed by atoms with Gasteiger partial charge in [-0.25, -0.2) is 8.42 Å². The first-order valence-corrected chi connectivity index (χ1v) is 8.98. The number of nitrogens with zero attached hydrogens (tertiary/aromatic N) is 2. The number of benzene rings is 1. The second kappa shape index (κ2) is 6.89. The van der Waals surface area contributed by atoms with Gasteiger partial charge in [-0.05, 0) is 44.0 Å². The Hall–Kier alpha value is -1.95. The quantitative estimate of drug-likeness (QED) is 0.806. The van der Waals surface area contributed by atoms with E-state index in [1.165, 1.54) is 19.1 Å². The highest BCUT2D eigenvalue weighted by Crippen LogP contribution is 2.28. The monoisotopic (exact) mass is 352 g/mol. The van der Waals surface area contributed by atoms with Gasteiger partial charge in [0.1, 0.15) is 12.1 Å². The highest BCUT2D eigenvalue weighted by molar-refractivity contribution is 7.89. The van der Waals surface area contributed by atoms with E-state index in [1.54, 1.807) is 19.1 Å². The second-order valence-corrected chi connectivity index (χ2v) is 7.82. The summed E-state index contributed by atoms with van der Waals surface area (Å²) >= 11 is 0. The van der Waals surface area contributed by atoms with Crippen molar-refractivity contribution in [3.63, 3.8) is 0 Å². The molecule has 1 heterocycles. The Morgan fingerprint density at radius 1 is 1.42 bits per heavy atom. The van der Waals surface area contributed by atoms with Crippen LogP contribution in [-0.4, -0.2) is 48.6 Å². The molecule has 0 aromatic heterocycles. The standard InChI is InChI=1S/C16H20N2O5S/c1-10-4-5-14(6-11(10)2)24(21,22)18-9-13(19)7-15(18)16(20)23-12(3)8-17/h4-6,12-13,15,19H,7,9H2,1-3H3/t12-,13+,15-/m0/s1. The fraction of sp³-hybridized carbons (Fsp3) is 0.500. The van der Waals surface area contributed by atoms with Crippen molar-refractivity contribution in [3.05, 3.63) is 29.3 Å².